The van der Waals surface area contributed by atoms with E-state index >= 15 is 0 Å². The highest BCUT2D eigenvalue weighted by Crippen LogP contribution is 2.27. The van der Waals surface area contributed by atoms with Gasteiger partial charge in [0.1, 0.15) is 0 Å². The molecule has 4 nitrogen and oxygen atoms in total. The molecular formula is C17H27N3O. The van der Waals surface area contributed by atoms with Crippen molar-refractivity contribution in [2.75, 3.05) is 18.0 Å². The molecule has 0 aliphatic carbocycles. The number of anilines is 1. The summed E-state index contributed by atoms with van der Waals surface area (Å²) in [5.74, 6) is 0.557. The number of nitrogens with two attached hydrogens (primary N) is 1. The van der Waals surface area contributed by atoms with E-state index < -0.39 is 0 Å². The molecule has 1 atom stereocenters. The molecule has 1 unspecified atom stereocenters. The number of nitrogens with zero attached hydrogens (tertiary/aromatic N) is 1. The van der Waals surface area contributed by atoms with Crippen LogP contribution in [0.3, 0.4) is 0 Å². The number of hydrogen-bond acceptors (Lipinski definition) is 3. The zero-order chi connectivity index (χ0) is 15.4. The Morgan fingerprint density at radius 3 is 2.81 bits per heavy atom. The maximum Gasteiger partial charge on any atom is 0.239 e. The molecule has 0 saturated heterocycles. The first-order valence-electron chi connectivity index (χ1n) is 7.87. The fourth-order valence-electron chi connectivity index (χ4n) is 2.66. The Morgan fingerprint density at radius 1 is 1.38 bits per heavy atom. The standard InChI is InChI=1S/C17H27N3O/c1-12(2)13(3)19-17(21)11-20-8-4-5-15-9-14(10-18)6-7-16(15)20/h6-7,9,12-13H,4-5,8,10-11,18H2,1-3H3,(H,19,21). The Labute approximate surface area is 127 Å². The fourth-order valence-corrected chi connectivity index (χ4v) is 2.66. The quantitative estimate of drug-likeness (QED) is 0.872. The summed E-state index contributed by atoms with van der Waals surface area (Å²) in [7, 11) is 0. The third kappa shape index (κ3) is 3.97. The van der Waals surface area contributed by atoms with Crippen LogP contribution in [0.2, 0.25) is 0 Å². The minimum Gasteiger partial charge on any atom is -0.362 e. The summed E-state index contributed by atoms with van der Waals surface area (Å²) >= 11 is 0. The molecule has 1 amide bonds. The number of benzene rings is 1. The van der Waals surface area contributed by atoms with Gasteiger partial charge in [0.15, 0.2) is 0 Å². The minimum atomic E-state index is 0.104. The number of carbonyl (C=O) groups is 1. The van der Waals surface area contributed by atoms with Crippen LogP contribution in [-0.2, 0) is 17.8 Å². The van der Waals surface area contributed by atoms with Gasteiger partial charge in [0.05, 0.1) is 6.54 Å². The molecule has 0 radical (unpaired) electrons. The molecule has 0 fully saturated rings. The molecule has 4 heteroatoms. The van der Waals surface area contributed by atoms with Crippen LogP contribution in [-0.4, -0.2) is 25.0 Å². The first-order chi connectivity index (χ1) is 10.0. The van der Waals surface area contributed by atoms with Crippen LogP contribution in [0.25, 0.3) is 0 Å². The number of hydrogen-bond donors (Lipinski definition) is 2. The van der Waals surface area contributed by atoms with E-state index in [9.17, 15) is 4.79 Å². The maximum absolute atomic E-state index is 12.2. The number of nitrogens with one attached hydrogen (secondary N) is 1. The summed E-state index contributed by atoms with van der Waals surface area (Å²) in [5, 5.41) is 3.08. The van der Waals surface area contributed by atoms with Crippen LogP contribution < -0.4 is 16.0 Å². The van der Waals surface area contributed by atoms with Gasteiger partial charge >= 0.3 is 0 Å². The van der Waals surface area contributed by atoms with Crippen LogP contribution in [0.1, 0.15) is 38.3 Å². The molecule has 1 aromatic rings. The summed E-state index contributed by atoms with van der Waals surface area (Å²) in [4.78, 5) is 14.4. The Hall–Kier alpha value is -1.55. The van der Waals surface area contributed by atoms with Crippen LogP contribution in [0.5, 0.6) is 0 Å². The number of carbonyl (C=O) groups excluding carboxylic acids is 1. The van der Waals surface area contributed by atoms with Crippen molar-refractivity contribution in [3.05, 3.63) is 29.3 Å². The van der Waals surface area contributed by atoms with Crippen LogP contribution in [0, 0.1) is 5.92 Å². The topological polar surface area (TPSA) is 58.4 Å². The van der Waals surface area contributed by atoms with Gasteiger partial charge in [-0.1, -0.05) is 26.0 Å². The molecule has 0 spiro atoms. The third-order valence-corrected chi connectivity index (χ3v) is 4.32. The van der Waals surface area contributed by atoms with Crippen molar-refractivity contribution >= 4 is 11.6 Å². The van der Waals surface area contributed by atoms with Crippen molar-refractivity contribution in [3.63, 3.8) is 0 Å². The van der Waals surface area contributed by atoms with Crippen molar-refractivity contribution in [2.24, 2.45) is 11.7 Å². The summed E-state index contributed by atoms with van der Waals surface area (Å²) in [6.07, 6.45) is 2.16. The van der Waals surface area contributed by atoms with Crippen LogP contribution >= 0.6 is 0 Å². The van der Waals surface area contributed by atoms with Gasteiger partial charge in [0.2, 0.25) is 5.91 Å². The van der Waals surface area contributed by atoms with Crippen molar-refractivity contribution in [1.82, 2.24) is 5.32 Å². The Morgan fingerprint density at radius 2 is 2.14 bits per heavy atom. The zero-order valence-electron chi connectivity index (χ0n) is 13.4. The first-order valence-corrected chi connectivity index (χ1v) is 7.87. The van der Waals surface area contributed by atoms with Gasteiger partial charge < -0.3 is 16.0 Å². The van der Waals surface area contributed by atoms with Crippen LogP contribution in [0.4, 0.5) is 5.69 Å². The highest BCUT2D eigenvalue weighted by Gasteiger charge is 2.20. The van der Waals surface area contributed by atoms with E-state index in [2.05, 4.69) is 49.2 Å². The molecule has 2 rings (SSSR count). The van der Waals surface area contributed by atoms with E-state index in [1.54, 1.807) is 0 Å². The van der Waals surface area contributed by atoms with Crippen LogP contribution in [0.15, 0.2) is 18.2 Å². The summed E-state index contributed by atoms with van der Waals surface area (Å²) in [6, 6.07) is 6.55. The summed E-state index contributed by atoms with van der Waals surface area (Å²) in [5.41, 5.74) is 9.36. The van der Waals surface area contributed by atoms with Gasteiger partial charge in [-0.15, -0.1) is 0 Å². The number of amides is 1. The van der Waals surface area contributed by atoms with Gasteiger partial charge in [0.25, 0.3) is 0 Å². The van der Waals surface area contributed by atoms with Gasteiger partial charge in [-0.05, 0) is 42.9 Å². The van der Waals surface area contributed by atoms with E-state index in [1.807, 2.05) is 0 Å². The maximum atomic E-state index is 12.2. The van der Waals surface area contributed by atoms with Gasteiger partial charge in [-0.25, -0.2) is 0 Å². The normalized spacial score (nSPS) is 15.8. The highest BCUT2D eigenvalue weighted by molar-refractivity contribution is 5.82. The molecule has 0 saturated carbocycles. The first kappa shape index (κ1) is 15.8. The molecule has 3 N–H and O–H groups in total. The second-order valence-electron chi connectivity index (χ2n) is 6.29. The predicted octanol–water partition coefficient (Wildman–Crippen LogP) is 2.06. The number of rotatable bonds is 5. The van der Waals surface area contributed by atoms with E-state index in [1.165, 1.54) is 11.3 Å². The van der Waals surface area contributed by atoms with E-state index in [-0.39, 0.29) is 11.9 Å². The largest absolute Gasteiger partial charge is 0.362 e. The molecule has 1 aliphatic rings. The molecule has 0 aromatic heterocycles. The molecule has 1 aliphatic heterocycles. The summed E-state index contributed by atoms with van der Waals surface area (Å²) < 4.78 is 0. The lowest BCUT2D eigenvalue weighted by atomic mass is 9.99. The second kappa shape index (κ2) is 6.94. The number of aryl methyl sites for hydroxylation is 1. The van der Waals surface area contributed by atoms with E-state index in [0.29, 0.717) is 19.0 Å². The lowest BCUT2D eigenvalue weighted by Crippen LogP contribution is -2.44. The SMILES string of the molecule is CC(C)C(C)NC(=O)CN1CCCc2cc(CN)ccc21. The van der Waals surface area contributed by atoms with Crippen molar-refractivity contribution < 1.29 is 4.79 Å². The number of fused-ring (bicyclic) bond motifs is 1. The predicted molar refractivity (Wildman–Crippen MR) is 87.3 cm³/mol. The van der Waals surface area contributed by atoms with Crippen molar-refractivity contribution in [2.45, 2.75) is 46.2 Å². The lowest BCUT2D eigenvalue weighted by Gasteiger charge is -2.31. The Bertz CT molecular complexity index is 499. The van der Waals surface area contributed by atoms with Gasteiger partial charge in [-0.2, -0.15) is 0 Å². The average Bonchev–Trinajstić information content (AvgIpc) is 2.46. The average molecular weight is 289 g/mol. The smallest absolute Gasteiger partial charge is 0.239 e. The lowest BCUT2D eigenvalue weighted by molar-refractivity contribution is -0.120. The fraction of sp³-hybridized carbons (Fsp3) is 0.588. The van der Waals surface area contributed by atoms with E-state index in [0.717, 1.165) is 24.9 Å². The zero-order valence-corrected chi connectivity index (χ0v) is 13.4. The molecule has 0 bridgehead atoms. The highest BCUT2D eigenvalue weighted by atomic mass is 16.2. The second-order valence-corrected chi connectivity index (χ2v) is 6.29. The van der Waals surface area contributed by atoms with Gasteiger partial charge in [0, 0.05) is 24.8 Å². The molecule has 21 heavy (non-hydrogen) atoms. The van der Waals surface area contributed by atoms with Crippen molar-refractivity contribution in [1.29, 1.82) is 0 Å². The Kier molecular flexibility index (Phi) is 5.23. The molecule has 116 valence electrons. The van der Waals surface area contributed by atoms with E-state index in [4.69, 9.17) is 5.73 Å². The molecular weight excluding hydrogens is 262 g/mol. The third-order valence-electron chi connectivity index (χ3n) is 4.32. The summed E-state index contributed by atoms with van der Waals surface area (Å²) in [6.45, 7) is 8.25. The minimum absolute atomic E-state index is 0.104. The molecule has 1 heterocycles. The Balaban J connectivity index is 2.04. The molecule has 1 aromatic carbocycles. The van der Waals surface area contributed by atoms with Crippen molar-refractivity contribution in [3.8, 4) is 0 Å². The van der Waals surface area contributed by atoms with Gasteiger partial charge in [-0.3, -0.25) is 4.79 Å². The monoisotopic (exact) mass is 289 g/mol.